The van der Waals surface area contributed by atoms with Gasteiger partial charge in [-0.3, -0.25) is 4.79 Å². The lowest BCUT2D eigenvalue weighted by Crippen LogP contribution is -2.39. The topological polar surface area (TPSA) is 88.8 Å². The van der Waals surface area contributed by atoms with Crippen molar-refractivity contribution in [1.29, 1.82) is 0 Å². The van der Waals surface area contributed by atoms with E-state index in [4.69, 9.17) is 4.74 Å². The van der Waals surface area contributed by atoms with Gasteiger partial charge in [0.15, 0.2) is 11.6 Å². The van der Waals surface area contributed by atoms with Crippen LogP contribution in [0.1, 0.15) is 87.5 Å². The van der Waals surface area contributed by atoms with E-state index >= 15 is 4.39 Å². The van der Waals surface area contributed by atoms with Gasteiger partial charge in [0.2, 0.25) is 5.43 Å². The molecule has 0 bridgehead atoms. The summed E-state index contributed by atoms with van der Waals surface area (Å²) in [7, 11) is 0. The van der Waals surface area contributed by atoms with Gasteiger partial charge in [0.1, 0.15) is 11.2 Å². The number of carboxylic acid groups (broad SMARTS) is 1. The van der Waals surface area contributed by atoms with Gasteiger partial charge < -0.3 is 19.3 Å². The summed E-state index contributed by atoms with van der Waals surface area (Å²) in [6, 6.07) is 0.430. The van der Waals surface area contributed by atoms with Gasteiger partial charge in [-0.1, -0.05) is 18.8 Å². The molecular formula is C27H30F2N2O5. The van der Waals surface area contributed by atoms with Crippen LogP contribution in [0.5, 0.6) is 0 Å². The monoisotopic (exact) mass is 500 g/mol. The zero-order chi connectivity index (χ0) is 26.4. The Hall–Kier alpha value is -3.41. The van der Waals surface area contributed by atoms with E-state index in [0.717, 1.165) is 25.3 Å². The number of carbonyl (C=O) groups excluding carboxylic acids is 1. The molecule has 36 heavy (non-hydrogen) atoms. The number of aromatic nitrogens is 1. The van der Waals surface area contributed by atoms with Gasteiger partial charge in [0.25, 0.3) is 0 Å². The number of rotatable bonds is 4. The Kier molecular flexibility index (Phi) is 6.82. The zero-order valence-electron chi connectivity index (χ0n) is 20.9. The molecule has 0 radical (unpaired) electrons. The molecule has 1 aromatic heterocycles. The zero-order valence-corrected chi connectivity index (χ0v) is 20.9. The molecule has 1 aliphatic heterocycles. The van der Waals surface area contributed by atoms with E-state index < -0.39 is 40.3 Å². The number of fused-ring (bicyclic) bond motifs is 1. The number of carboxylic acids is 1. The van der Waals surface area contributed by atoms with Crippen molar-refractivity contribution in [2.24, 2.45) is 0 Å². The first kappa shape index (κ1) is 25.7. The van der Waals surface area contributed by atoms with Crippen molar-refractivity contribution in [3.05, 3.63) is 44.7 Å². The fourth-order valence-corrected chi connectivity index (χ4v) is 4.84. The summed E-state index contributed by atoms with van der Waals surface area (Å²) in [6.45, 7) is 7.61. The first-order valence-corrected chi connectivity index (χ1v) is 12.3. The Labute approximate surface area is 208 Å². The normalized spacial score (nSPS) is 17.7. The number of likely N-dealkylation sites (tertiary alicyclic amines) is 1. The van der Waals surface area contributed by atoms with Crippen LogP contribution in [0.25, 0.3) is 10.9 Å². The summed E-state index contributed by atoms with van der Waals surface area (Å²) in [5.74, 6) is 1.79. The van der Waals surface area contributed by atoms with Crippen LogP contribution >= 0.6 is 0 Å². The molecule has 2 fully saturated rings. The molecule has 1 aliphatic carbocycles. The van der Waals surface area contributed by atoms with Gasteiger partial charge in [0.05, 0.1) is 16.5 Å². The molecule has 1 aromatic carbocycles. The molecule has 7 nitrogen and oxygen atoms in total. The van der Waals surface area contributed by atoms with E-state index in [-0.39, 0.29) is 47.1 Å². The quantitative estimate of drug-likeness (QED) is 0.596. The van der Waals surface area contributed by atoms with Crippen LogP contribution in [0.15, 0.2) is 10.9 Å². The Bertz CT molecular complexity index is 1360. The number of nitrogens with zero attached hydrogens (tertiary/aromatic N) is 2. The van der Waals surface area contributed by atoms with Crippen LogP contribution in [-0.2, 0) is 11.2 Å². The number of benzene rings is 1. The van der Waals surface area contributed by atoms with Crippen LogP contribution in [0, 0.1) is 23.5 Å². The molecule has 1 amide bonds. The number of carbonyl (C=O) groups is 2. The lowest BCUT2D eigenvalue weighted by molar-refractivity contribution is 0.0229. The summed E-state index contributed by atoms with van der Waals surface area (Å²) in [4.78, 5) is 39.2. The smallest absolute Gasteiger partial charge is 0.410 e. The largest absolute Gasteiger partial charge is 0.477 e. The molecule has 1 saturated heterocycles. The minimum absolute atomic E-state index is 0.107. The molecular weight excluding hydrogens is 470 g/mol. The molecule has 9 heteroatoms. The Balaban J connectivity index is 1.80. The number of pyridine rings is 1. The second kappa shape index (κ2) is 9.57. The van der Waals surface area contributed by atoms with Gasteiger partial charge in [-0.15, -0.1) is 0 Å². The third-order valence-electron chi connectivity index (χ3n) is 6.50. The predicted molar refractivity (Wildman–Crippen MR) is 130 cm³/mol. The van der Waals surface area contributed by atoms with E-state index in [1.165, 1.54) is 0 Å². The summed E-state index contributed by atoms with van der Waals surface area (Å²) in [5, 5.41) is 9.51. The van der Waals surface area contributed by atoms with Gasteiger partial charge in [-0.05, 0) is 58.9 Å². The van der Waals surface area contributed by atoms with Crippen LogP contribution in [0.3, 0.4) is 0 Å². The van der Waals surface area contributed by atoms with E-state index in [0.29, 0.717) is 13.0 Å². The Morgan fingerprint density at radius 1 is 1.22 bits per heavy atom. The summed E-state index contributed by atoms with van der Waals surface area (Å²) >= 11 is 0. The van der Waals surface area contributed by atoms with Crippen LogP contribution in [0.2, 0.25) is 0 Å². The summed E-state index contributed by atoms with van der Waals surface area (Å²) in [5.41, 5.74) is -1.75. The SMILES string of the molecule is CCc1c(C(=O)O)c(=O)c2cc(F)c(F)c(C#CCC3CCCN3C(=O)OC(C)(C)C)c2n1C1CC1. The minimum Gasteiger partial charge on any atom is -0.477 e. The van der Waals surface area contributed by atoms with E-state index in [1.54, 1.807) is 37.2 Å². The van der Waals surface area contributed by atoms with Crippen molar-refractivity contribution < 1.29 is 28.2 Å². The molecule has 1 saturated carbocycles. The second-order valence-corrected chi connectivity index (χ2v) is 10.3. The molecule has 1 N–H and O–H groups in total. The number of halogens is 2. The van der Waals surface area contributed by atoms with Crippen LogP contribution in [-0.4, -0.2) is 44.8 Å². The molecule has 0 spiro atoms. The first-order chi connectivity index (χ1) is 16.9. The number of aromatic carboxylic acids is 1. The summed E-state index contributed by atoms with van der Waals surface area (Å²) in [6.07, 6.45) is 2.98. The van der Waals surface area contributed by atoms with Crippen molar-refractivity contribution in [2.45, 2.75) is 83.9 Å². The molecule has 1 atom stereocenters. The molecule has 2 aromatic rings. The van der Waals surface area contributed by atoms with Crippen LogP contribution < -0.4 is 5.43 Å². The van der Waals surface area contributed by atoms with Gasteiger partial charge in [-0.2, -0.15) is 0 Å². The van der Waals surface area contributed by atoms with Crippen molar-refractivity contribution in [3.63, 3.8) is 0 Å². The third kappa shape index (κ3) is 4.81. The minimum atomic E-state index is -1.39. The van der Waals surface area contributed by atoms with Crippen molar-refractivity contribution in [2.75, 3.05) is 6.54 Å². The maximum atomic E-state index is 15.1. The maximum absolute atomic E-state index is 15.1. The predicted octanol–water partition coefficient (Wildman–Crippen LogP) is 5.02. The van der Waals surface area contributed by atoms with Gasteiger partial charge in [0, 0.05) is 30.7 Å². The average Bonchev–Trinajstić information content (AvgIpc) is 3.51. The highest BCUT2D eigenvalue weighted by molar-refractivity contribution is 5.96. The highest BCUT2D eigenvalue weighted by atomic mass is 19.2. The number of ether oxygens (including phenoxy) is 1. The molecule has 192 valence electrons. The van der Waals surface area contributed by atoms with E-state index in [9.17, 15) is 23.9 Å². The molecule has 4 rings (SSSR count). The van der Waals surface area contributed by atoms with Crippen molar-refractivity contribution >= 4 is 23.0 Å². The van der Waals surface area contributed by atoms with Crippen molar-refractivity contribution in [3.8, 4) is 11.8 Å². The number of amides is 1. The first-order valence-electron chi connectivity index (χ1n) is 12.3. The molecule has 2 heterocycles. The van der Waals surface area contributed by atoms with Gasteiger partial charge >= 0.3 is 12.1 Å². The van der Waals surface area contributed by atoms with Crippen LogP contribution in [0.4, 0.5) is 13.6 Å². The second-order valence-electron chi connectivity index (χ2n) is 10.3. The third-order valence-corrected chi connectivity index (χ3v) is 6.50. The average molecular weight is 501 g/mol. The Morgan fingerprint density at radius 3 is 2.50 bits per heavy atom. The number of hydrogen-bond donors (Lipinski definition) is 1. The van der Waals surface area contributed by atoms with Crippen molar-refractivity contribution in [1.82, 2.24) is 9.47 Å². The van der Waals surface area contributed by atoms with Gasteiger partial charge in [-0.25, -0.2) is 18.4 Å². The number of hydrogen-bond acceptors (Lipinski definition) is 4. The van der Waals surface area contributed by atoms with E-state index in [1.807, 2.05) is 0 Å². The Morgan fingerprint density at radius 2 is 1.92 bits per heavy atom. The highest BCUT2D eigenvalue weighted by Gasteiger charge is 2.34. The standard InChI is InChI=1S/C27H30F2N2O5/c1-5-20-21(25(33)34)24(32)18-14-19(28)22(29)17(23(18)31(20)16-11-12-16)10-6-8-15-9-7-13-30(15)26(35)36-27(2,3)4/h14-16H,5,7-9,11-13H2,1-4H3,(H,33,34). The molecule has 1 unspecified atom stereocenters. The van der Waals surface area contributed by atoms with E-state index in [2.05, 4.69) is 11.8 Å². The summed E-state index contributed by atoms with van der Waals surface area (Å²) < 4.78 is 36.9. The fourth-order valence-electron chi connectivity index (χ4n) is 4.84. The molecule has 2 aliphatic rings. The lowest BCUT2D eigenvalue weighted by atomic mass is 10.0. The fraction of sp³-hybridized carbons (Fsp3) is 0.519. The lowest BCUT2D eigenvalue weighted by Gasteiger charge is -2.27. The highest BCUT2D eigenvalue weighted by Crippen LogP contribution is 2.40. The maximum Gasteiger partial charge on any atom is 0.410 e.